The van der Waals surface area contributed by atoms with E-state index in [1.807, 2.05) is 31.2 Å². The van der Waals surface area contributed by atoms with Crippen molar-refractivity contribution in [1.82, 2.24) is 0 Å². The Bertz CT molecular complexity index is 880. The first-order valence-corrected chi connectivity index (χ1v) is 14.6. The Labute approximate surface area is 227 Å². The van der Waals surface area contributed by atoms with Crippen LogP contribution in [0.3, 0.4) is 0 Å². The molecule has 0 bridgehead atoms. The zero-order valence-electron chi connectivity index (χ0n) is 24.2. The molecule has 0 amide bonds. The molecule has 206 valence electrons. The van der Waals surface area contributed by atoms with Crippen molar-refractivity contribution in [3.63, 3.8) is 0 Å². The van der Waals surface area contributed by atoms with Crippen molar-refractivity contribution in [2.75, 3.05) is 20.7 Å². The SMILES string of the molecule is CCCCCCCCCCCc1cccc(OC(CC)COC(=O)C(C)[N+](C)(C)Cc2ccccc2)c1. The standard InChI is InChI=1S/C33H52NO3/c1-6-8-9-10-11-12-13-14-16-20-29-23-19-24-32(25-29)37-31(7-2)27-36-33(35)28(3)34(4,5)26-30-21-17-15-18-22-30/h15,17-19,21-25,28,31H,6-14,16,20,26-27H2,1-5H3/q+1. The molecule has 2 rings (SSSR count). The quantitative estimate of drug-likeness (QED) is 0.109. The Balaban J connectivity index is 1.74. The summed E-state index contributed by atoms with van der Waals surface area (Å²) >= 11 is 0. The van der Waals surface area contributed by atoms with Gasteiger partial charge in [-0.1, -0.05) is 108 Å². The van der Waals surface area contributed by atoms with Gasteiger partial charge in [-0.05, 0) is 43.9 Å². The van der Waals surface area contributed by atoms with Crippen LogP contribution < -0.4 is 4.74 Å². The summed E-state index contributed by atoms with van der Waals surface area (Å²) in [5.74, 6) is 0.687. The lowest BCUT2D eigenvalue weighted by Gasteiger charge is -2.34. The van der Waals surface area contributed by atoms with Crippen LogP contribution in [0, 0.1) is 0 Å². The topological polar surface area (TPSA) is 35.5 Å². The maximum atomic E-state index is 12.9. The highest BCUT2D eigenvalue weighted by Gasteiger charge is 2.32. The molecule has 2 aromatic rings. The number of quaternary nitrogens is 1. The highest BCUT2D eigenvalue weighted by atomic mass is 16.6. The van der Waals surface area contributed by atoms with Crippen LogP contribution in [0.4, 0.5) is 0 Å². The fourth-order valence-electron chi connectivity index (χ4n) is 4.61. The fraction of sp³-hybridized carbons (Fsp3) is 0.606. The predicted octanol–water partition coefficient (Wildman–Crippen LogP) is 8.13. The number of nitrogens with zero attached hydrogens (tertiary/aromatic N) is 1. The first-order chi connectivity index (χ1) is 17.9. The largest absolute Gasteiger partial charge is 0.487 e. The Morgan fingerprint density at radius 1 is 0.811 bits per heavy atom. The van der Waals surface area contributed by atoms with E-state index in [0.717, 1.165) is 25.1 Å². The van der Waals surface area contributed by atoms with Crippen LogP contribution in [0.25, 0.3) is 0 Å². The monoisotopic (exact) mass is 510 g/mol. The van der Waals surface area contributed by atoms with Gasteiger partial charge in [0, 0.05) is 5.56 Å². The van der Waals surface area contributed by atoms with E-state index >= 15 is 0 Å². The molecule has 0 aliphatic carbocycles. The van der Waals surface area contributed by atoms with Crippen LogP contribution in [0.5, 0.6) is 5.75 Å². The summed E-state index contributed by atoms with van der Waals surface area (Å²) in [4.78, 5) is 12.9. The molecule has 0 saturated carbocycles. The van der Waals surface area contributed by atoms with Crippen LogP contribution in [-0.2, 0) is 22.5 Å². The summed E-state index contributed by atoms with van der Waals surface area (Å²) in [7, 11) is 4.15. The summed E-state index contributed by atoms with van der Waals surface area (Å²) in [5, 5.41) is 0. The van der Waals surface area contributed by atoms with Crippen molar-refractivity contribution in [2.24, 2.45) is 0 Å². The van der Waals surface area contributed by atoms with Crippen molar-refractivity contribution in [2.45, 2.75) is 110 Å². The second kappa shape index (κ2) is 17.2. The zero-order valence-corrected chi connectivity index (χ0v) is 24.2. The van der Waals surface area contributed by atoms with E-state index < -0.39 is 0 Å². The molecule has 0 fully saturated rings. The average Bonchev–Trinajstić information content (AvgIpc) is 2.90. The first kappa shape index (κ1) is 30.9. The molecule has 4 nitrogen and oxygen atoms in total. The van der Waals surface area contributed by atoms with E-state index in [1.165, 1.54) is 68.9 Å². The Kier molecular flexibility index (Phi) is 14.4. The van der Waals surface area contributed by atoms with Crippen LogP contribution in [0.2, 0.25) is 0 Å². The number of carbonyl (C=O) groups excluding carboxylic acids is 1. The summed E-state index contributed by atoms with van der Waals surface area (Å²) < 4.78 is 12.5. The molecule has 2 atom stereocenters. The first-order valence-electron chi connectivity index (χ1n) is 14.6. The van der Waals surface area contributed by atoms with E-state index in [9.17, 15) is 4.79 Å². The van der Waals surface area contributed by atoms with Gasteiger partial charge in [0.15, 0.2) is 6.04 Å². The van der Waals surface area contributed by atoms with Crippen LogP contribution in [0.15, 0.2) is 54.6 Å². The fourth-order valence-corrected chi connectivity index (χ4v) is 4.61. The number of carbonyl (C=O) groups is 1. The van der Waals surface area contributed by atoms with Gasteiger partial charge in [0.05, 0.1) is 14.1 Å². The molecule has 2 unspecified atom stereocenters. The molecular weight excluding hydrogens is 458 g/mol. The molecule has 2 aromatic carbocycles. The van der Waals surface area contributed by atoms with E-state index in [2.05, 4.69) is 58.3 Å². The van der Waals surface area contributed by atoms with Crippen molar-refractivity contribution in [3.05, 3.63) is 65.7 Å². The lowest BCUT2D eigenvalue weighted by atomic mass is 10.0. The second-order valence-corrected chi connectivity index (χ2v) is 11.1. The highest BCUT2D eigenvalue weighted by Crippen LogP contribution is 2.20. The molecule has 0 aliphatic rings. The number of benzene rings is 2. The lowest BCUT2D eigenvalue weighted by molar-refractivity contribution is -0.917. The van der Waals surface area contributed by atoms with Gasteiger partial charge < -0.3 is 14.0 Å². The average molecular weight is 511 g/mol. The number of hydrogen-bond acceptors (Lipinski definition) is 3. The number of esters is 1. The number of hydrogen-bond donors (Lipinski definition) is 0. The predicted molar refractivity (Wildman–Crippen MR) is 155 cm³/mol. The number of aryl methyl sites for hydroxylation is 1. The number of unbranched alkanes of at least 4 members (excludes halogenated alkanes) is 8. The zero-order chi connectivity index (χ0) is 26.9. The number of rotatable bonds is 19. The van der Waals surface area contributed by atoms with Crippen molar-refractivity contribution >= 4 is 5.97 Å². The minimum absolute atomic E-state index is 0.149. The van der Waals surface area contributed by atoms with Gasteiger partial charge in [-0.15, -0.1) is 0 Å². The maximum Gasteiger partial charge on any atom is 0.364 e. The van der Waals surface area contributed by atoms with Gasteiger partial charge in [-0.3, -0.25) is 0 Å². The normalized spacial score (nSPS) is 13.2. The highest BCUT2D eigenvalue weighted by molar-refractivity contribution is 5.74. The molecule has 0 radical (unpaired) electrons. The van der Waals surface area contributed by atoms with E-state index in [1.54, 1.807) is 0 Å². The molecule has 0 N–H and O–H groups in total. The summed E-state index contributed by atoms with van der Waals surface area (Å²) in [6, 6.07) is 18.4. The van der Waals surface area contributed by atoms with Crippen LogP contribution in [-0.4, -0.2) is 43.3 Å². The molecule has 0 aliphatic heterocycles. The van der Waals surface area contributed by atoms with Gasteiger partial charge in [0.1, 0.15) is 25.0 Å². The van der Waals surface area contributed by atoms with Gasteiger partial charge in [-0.2, -0.15) is 0 Å². The summed E-state index contributed by atoms with van der Waals surface area (Å²) in [5.41, 5.74) is 2.53. The maximum absolute atomic E-state index is 12.9. The minimum atomic E-state index is -0.266. The van der Waals surface area contributed by atoms with Gasteiger partial charge in [-0.25, -0.2) is 4.79 Å². The molecule has 4 heteroatoms. The third-order valence-electron chi connectivity index (χ3n) is 7.46. The third-order valence-corrected chi connectivity index (χ3v) is 7.46. The van der Waals surface area contributed by atoms with E-state index in [-0.39, 0.29) is 24.7 Å². The van der Waals surface area contributed by atoms with Crippen LogP contribution in [0.1, 0.15) is 96.1 Å². The lowest BCUT2D eigenvalue weighted by Crippen LogP contribution is -2.51. The smallest absolute Gasteiger partial charge is 0.364 e. The molecule has 0 saturated heterocycles. The molecular formula is C33H52NO3+. The Hall–Kier alpha value is -2.33. The van der Waals surface area contributed by atoms with Gasteiger partial charge in [0.2, 0.25) is 0 Å². The van der Waals surface area contributed by atoms with Gasteiger partial charge >= 0.3 is 5.97 Å². The van der Waals surface area contributed by atoms with E-state index in [0.29, 0.717) is 4.48 Å². The molecule has 37 heavy (non-hydrogen) atoms. The summed E-state index contributed by atoms with van der Waals surface area (Å²) in [6.45, 7) is 7.34. The van der Waals surface area contributed by atoms with Crippen LogP contribution >= 0.6 is 0 Å². The molecule has 0 aromatic heterocycles. The Morgan fingerprint density at radius 2 is 1.43 bits per heavy atom. The van der Waals surface area contributed by atoms with Crippen molar-refractivity contribution < 1.29 is 18.8 Å². The van der Waals surface area contributed by atoms with Crippen molar-refractivity contribution in [3.8, 4) is 5.75 Å². The third kappa shape index (κ3) is 12.2. The second-order valence-electron chi connectivity index (χ2n) is 11.1. The summed E-state index contributed by atoms with van der Waals surface area (Å²) in [6.07, 6.45) is 13.8. The molecule has 0 spiro atoms. The Morgan fingerprint density at radius 3 is 2.08 bits per heavy atom. The number of likely N-dealkylation sites (N-methyl/N-ethyl adjacent to an activating group) is 1. The van der Waals surface area contributed by atoms with Gasteiger partial charge in [0.25, 0.3) is 0 Å². The van der Waals surface area contributed by atoms with Crippen molar-refractivity contribution in [1.29, 1.82) is 0 Å². The number of ether oxygens (including phenoxy) is 2. The minimum Gasteiger partial charge on any atom is -0.487 e. The molecule has 0 heterocycles. The van der Waals surface area contributed by atoms with E-state index in [4.69, 9.17) is 9.47 Å².